The lowest BCUT2D eigenvalue weighted by Crippen LogP contribution is -2.29. The maximum absolute atomic E-state index is 6.05. The molecule has 0 saturated heterocycles. The Bertz CT molecular complexity index is 652. The average molecular weight is 300 g/mol. The molecule has 0 radical (unpaired) electrons. The van der Waals surface area contributed by atoms with Crippen LogP contribution in [0.2, 0.25) is 5.02 Å². The number of nitrogens with zero attached hydrogens (tertiary/aromatic N) is 1. The third-order valence-corrected chi connectivity index (χ3v) is 3.73. The standard InChI is InChI=1S/C17H18ClN3/c1-2-16-17(13-7-4-3-5-8-13)21(12-19-16)20-15-10-6-9-14(18)11-15/h3-11,19-20H,2,12H2,1H3. The van der Waals surface area contributed by atoms with Crippen LogP contribution in [0, 0.1) is 0 Å². The molecule has 0 spiro atoms. The van der Waals surface area contributed by atoms with E-state index in [4.69, 9.17) is 11.6 Å². The van der Waals surface area contributed by atoms with Crippen molar-refractivity contribution in [2.24, 2.45) is 0 Å². The largest absolute Gasteiger partial charge is 0.368 e. The molecule has 0 fully saturated rings. The molecule has 0 bridgehead atoms. The fraction of sp³-hybridized carbons (Fsp3) is 0.176. The van der Waals surface area contributed by atoms with Gasteiger partial charge >= 0.3 is 0 Å². The highest BCUT2D eigenvalue weighted by Gasteiger charge is 2.22. The summed E-state index contributed by atoms with van der Waals surface area (Å²) < 4.78 is 0. The summed E-state index contributed by atoms with van der Waals surface area (Å²) in [5.74, 6) is 0. The molecule has 1 aliphatic rings. The van der Waals surface area contributed by atoms with Gasteiger partial charge < -0.3 is 5.32 Å². The smallest absolute Gasteiger partial charge is 0.108 e. The second-order valence-electron chi connectivity index (χ2n) is 4.93. The molecule has 0 amide bonds. The number of hydrogen-bond acceptors (Lipinski definition) is 3. The second kappa shape index (κ2) is 6.10. The summed E-state index contributed by atoms with van der Waals surface area (Å²) in [6.45, 7) is 2.90. The van der Waals surface area contributed by atoms with Crippen molar-refractivity contribution < 1.29 is 0 Å². The summed E-state index contributed by atoms with van der Waals surface area (Å²) in [4.78, 5) is 0. The maximum atomic E-state index is 6.05. The summed E-state index contributed by atoms with van der Waals surface area (Å²) >= 11 is 6.05. The van der Waals surface area contributed by atoms with Crippen molar-refractivity contribution in [3.63, 3.8) is 0 Å². The minimum absolute atomic E-state index is 0.730. The molecule has 0 aliphatic carbocycles. The van der Waals surface area contributed by atoms with Crippen LogP contribution in [0.15, 0.2) is 60.3 Å². The molecular formula is C17H18ClN3. The fourth-order valence-corrected chi connectivity index (χ4v) is 2.72. The van der Waals surface area contributed by atoms with Crippen LogP contribution in [0.5, 0.6) is 0 Å². The van der Waals surface area contributed by atoms with Gasteiger partial charge in [0.25, 0.3) is 0 Å². The third-order valence-electron chi connectivity index (χ3n) is 3.50. The number of allylic oxidation sites excluding steroid dienone is 1. The molecule has 21 heavy (non-hydrogen) atoms. The monoisotopic (exact) mass is 299 g/mol. The van der Waals surface area contributed by atoms with E-state index in [1.165, 1.54) is 17.0 Å². The number of nitrogens with one attached hydrogen (secondary N) is 2. The lowest BCUT2D eigenvalue weighted by Gasteiger charge is -2.23. The first kappa shape index (κ1) is 13.8. The van der Waals surface area contributed by atoms with E-state index in [1.54, 1.807) is 0 Å². The molecule has 2 N–H and O–H groups in total. The number of anilines is 1. The predicted molar refractivity (Wildman–Crippen MR) is 88.6 cm³/mol. The lowest BCUT2D eigenvalue weighted by atomic mass is 10.1. The Morgan fingerprint density at radius 1 is 1.14 bits per heavy atom. The number of hydrogen-bond donors (Lipinski definition) is 2. The van der Waals surface area contributed by atoms with E-state index in [0.29, 0.717) is 0 Å². The van der Waals surface area contributed by atoms with Gasteiger partial charge in [0.15, 0.2) is 0 Å². The fourth-order valence-electron chi connectivity index (χ4n) is 2.53. The van der Waals surface area contributed by atoms with Crippen LogP contribution in [0.25, 0.3) is 5.70 Å². The third kappa shape index (κ3) is 2.98. The Morgan fingerprint density at radius 3 is 2.67 bits per heavy atom. The highest BCUT2D eigenvalue weighted by atomic mass is 35.5. The molecule has 2 aromatic rings. The van der Waals surface area contributed by atoms with Crippen molar-refractivity contribution in [2.75, 3.05) is 12.1 Å². The summed E-state index contributed by atoms with van der Waals surface area (Å²) in [5.41, 5.74) is 8.05. The molecule has 0 aromatic heterocycles. The van der Waals surface area contributed by atoms with Crippen molar-refractivity contribution in [1.82, 2.24) is 10.3 Å². The first-order valence-electron chi connectivity index (χ1n) is 7.10. The Balaban J connectivity index is 1.90. The van der Waals surface area contributed by atoms with Gasteiger partial charge in [-0.3, -0.25) is 10.4 Å². The van der Waals surface area contributed by atoms with Crippen LogP contribution in [0.4, 0.5) is 5.69 Å². The van der Waals surface area contributed by atoms with E-state index in [-0.39, 0.29) is 0 Å². The Kier molecular flexibility index (Phi) is 4.02. The highest BCUT2D eigenvalue weighted by Crippen LogP contribution is 2.28. The minimum atomic E-state index is 0.730. The molecule has 3 rings (SSSR count). The van der Waals surface area contributed by atoms with Crippen LogP contribution in [0.3, 0.4) is 0 Å². The Labute approximate surface area is 130 Å². The number of benzene rings is 2. The van der Waals surface area contributed by atoms with Gasteiger partial charge in [0.05, 0.1) is 11.4 Å². The lowest BCUT2D eigenvalue weighted by molar-refractivity contribution is 0.482. The predicted octanol–water partition coefficient (Wildman–Crippen LogP) is 4.31. The van der Waals surface area contributed by atoms with Crippen LogP contribution in [0.1, 0.15) is 18.9 Å². The number of halogens is 1. The van der Waals surface area contributed by atoms with Crippen molar-refractivity contribution in [1.29, 1.82) is 0 Å². The Hall–Kier alpha value is -2.13. The van der Waals surface area contributed by atoms with Gasteiger partial charge in [0.2, 0.25) is 0 Å². The van der Waals surface area contributed by atoms with E-state index in [1.807, 2.05) is 30.3 Å². The Morgan fingerprint density at radius 2 is 1.95 bits per heavy atom. The topological polar surface area (TPSA) is 27.3 Å². The van der Waals surface area contributed by atoms with Crippen LogP contribution in [-0.4, -0.2) is 11.7 Å². The van der Waals surface area contributed by atoms with Gasteiger partial charge in [-0.05, 0) is 24.6 Å². The van der Waals surface area contributed by atoms with Crippen LogP contribution < -0.4 is 10.7 Å². The number of hydrazine groups is 1. The zero-order chi connectivity index (χ0) is 14.7. The molecule has 108 valence electrons. The minimum Gasteiger partial charge on any atom is -0.368 e. The van der Waals surface area contributed by atoms with Gasteiger partial charge in [0, 0.05) is 16.3 Å². The number of rotatable bonds is 4. The zero-order valence-electron chi connectivity index (χ0n) is 11.9. The van der Waals surface area contributed by atoms with Gasteiger partial charge in [0.1, 0.15) is 6.67 Å². The molecule has 3 nitrogen and oxygen atoms in total. The molecule has 1 heterocycles. The summed E-state index contributed by atoms with van der Waals surface area (Å²) in [7, 11) is 0. The molecule has 0 atom stereocenters. The van der Waals surface area contributed by atoms with E-state index in [0.717, 1.165) is 23.8 Å². The zero-order valence-corrected chi connectivity index (χ0v) is 12.7. The van der Waals surface area contributed by atoms with Crippen LogP contribution >= 0.6 is 11.6 Å². The summed E-state index contributed by atoms with van der Waals surface area (Å²) in [5, 5.41) is 6.30. The maximum Gasteiger partial charge on any atom is 0.108 e. The molecule has 2 aromatic carbocycles. The first-order chi connectivity index (χ1) is 10.3. The van der Waals surface area contributed by atoms with Gasteiger partial charge in [-0.2, -0.15) is 0 Å². The molecular weight excluding hydrogens is 282 g/mol. The van der Waals surface area contributed by atoms with E-state index in [2.05, 4.69) is 46.9 Å². The van der Waals surface area contributed by atoms with Gasteiger partial charge in [-0.1, -0.05) is 54.9 Å². The first-order valence-corrected chi connectivity index (χ1v) is 7.48. The second-order valence-corrected chi connectivity index (χ2v) is 5.37. The van der Waals surface area contributed by atoms with E-state index >= 15 is 0 Å². The van der Waals surface area contributed by atoms with Crippen molar-refractivity contribution >= 4 is 23.0 Å². The van der Waals surface area contributed by atoms with Crippen LogP contribution in [-0.2, 0) is 0 Å². The van der Waals surface area contributed by atoms with Gasteiger partial charge in [-0.15, -0.1) is 0 Å². The normalized spacial score (nSPS) is 14.3. The summed E-state index contributed by atoms with van der Waals surface area (Å²) in [6, 6.07) is 18.2. The van der Waals surface area contributed by atoms with Crippen molar-refractivity contribution in [3.05, 3.63) is 70.9 Å². The van der Waals surface area contributed by atoms with Gasteiger partial charge in [-0.25, -0.2) is 0 Å². The average Bonchev–Trinajstić information content (AvgIpc) is 2.91. The molecule has 0 saturated carbocycles. The summed E-state index contributed by atoms with van der Waals surface area (Å²) in [6.07, 6.45) is 0.970. The van der Waals surface area contributed by atoms with E-state index < -0.39 is 0 Å². The van der Waals surface area contributed by atoms with Crippen molar-refractivity contribution in [3.8, 4) is 0 Å². The SMILES string of the molecule is CCC1=C(c2ccccc2)N(Nc2cccc(Cl)c2)CN1. The molecule has 0 unspecified atom stereocenters. The highest BCUT2D eigenvalue weighted by molar-refractivity contribution is 6.30. The molecule has 4 heteroatoms. The quantitative estimate of drug-likeness (QED) is 0.881. The van der Waals surface area contributed by atoms with Crippen molar-refractivity contribution in [2.45, 2.75) is 13.3 Å². The van der Waals surface area contributed by atoms with E-state index in [9.17, 15) is 0 Å². The molecule has 1 aliphatic heterocycles.